The Kier molecular flexibility index (Phi) is 6.23. The summed E-state index contributed by atoms with van der Waals surface area (Å²) in [4.78, 5) is 0. The van der Waals surface area contributed by atoms with Crippen molar-refractivity contribution in [2.45, 2.75) is 38.0 Å². The maximum atomic E-state index is 5.64. The first-order valence-electron chi connectivity index (χ1n) is 5.46. The molecule has 0 bridgehead atoms. The van der Waals surface area contributed by atoms with Gasteiger partial charge in [-0.3, -0.25) is 0 Å². The van der Waals surface area contributed by atoms with Crippen LogP contribution in [0.4, 0.5) is 0 Å². The lowest BCUT2D eigenvalue weighted by Crippen LogP contribution is -2.11. The molecule has 4 nitrogen and oxygen atoms in total. The zero-order chi connectivity index (χ0) is 12.0. The molecule has 1 heterocycles. The standard InChI is InChI=1S/C10H20N4S2/c1-8(2)14-9(7-11)12-13-10(14)16-6-4-5-15-3/h8H,4-7,11H2,1-3H3. The second-order valence-corrected chi connectivity index (χ2v) is 5.81. The highest BCUT2D eigenvalue weighted by Crippen LogP contribution is 2.22. The van der Waals surface area contributed by atoms with Crippen LogP contribution in [0.3, 0.4) is 0 Å². The fourth-order valence-electron chi connectivity index (χ4n) is 1.43. The molecule has 0 fully saturated rings. The van der Waals surface area contributed by atoms with Crippen LogP contribution in [0.25, 0.3) is 0 Å². The van der Waals surface area contributed by atoms with Gasteiger partial charge in [-0.2, -0.15) is 11.8 Å². The lowest BCUT2D eigenvalue weighted by Gasteiger charge is -2.12. The average Bonchev–Trinajstić information content (AvgIpc) is 2.67. The molecule has 1 rings (SSSR count). The Bertz CT molecular complexity index is 312. The van der Waals surface area contributed by atoms with E-state index in [1.165, 1.54) is 12.2 Å². The SMILES string of the molecule is CSCCCSc1nnc(CN)n1C(C)C. The van der Waals surface area contributed by atoms with Crippen molar-refractivity contribution in [3.05, 3.63) is 5.82 Å². The molecule has 0 aliphatic heterocycles. The first kappa shape index (κ1) is 13.9. The maximum absolute atomic E-state index is 5.64. The molecule has 1 aromatic rings. The quantitative estimate of drug-likeness (QED) is 0.601. The summed E-state index contributed by atoms with van der Waals surface area (Å²) in [5, 5.41) is 9.31. The lowest BCUT2D eigenvalue weighted by molar-refractivity contribution is 0.526. The van der Waals surface area contributed by atoms with Gasteiger partial charge in [0.1, 0.15) is 5.82 Å². The van der Waals surface area contributed by atoms with Gasteiger partial charge in [0.2, 0.25) is 0 Å². The van der Waals surface area contributed by atoms with Gasteiger partial charge in [-0.05, 0) is 32.3 Å². The second kappa shape index (κ2) is 7.19. The van der Waals surface area contributed by atoms with Gasteiger partial charge in [0.25, 0.3) is 0 Å². The molecule has 2 N–H and O–H groups in total. The van der Waals surface area contributed by atoms with Crippen LogP contribution in [0.15, 0.2) is 5.16 Å². The van der Waals surface area contributed by atoms with Crippen molar-refractivity contribution in [2.24, 2.45) is 5.73 Å². The molecule has 0 spiro atoms. The summed E-state index contributed by atoms with van der Waals surface area (Å²) in [6.45, 7) is 4.72. The topological polar surface area (TPSA) is 56.7 Å². The molecule has 1 aromatic heterocycles. The summed E-state index contributed by atoms with van der Waals surface area (Å²) in [6.07, 6.45) is 3.34. The van der Waals surface area contributed by atoms with E-state index in [1.807, 2.05) is 11.8 Å². The molecule has 0 aromatic carbocycles. The molecule has 0 saturated carbocycles. The van der Waals surface area contributed by atoms with Gasteiger partial charge in [0.05, 0.1) is 6.54 Å². The van der Waals surface area contributed by atoms with Crippen molar-refractivity contribution in [3.8, 4) is 0 Å². The molecule has 0 aliphatic carbocycles. The van der Waals surface area contributed by atoms with Crippen LogP contribution in [0, 0.1) is 0 Å². The number of thioether (sulfide) groups is 2. The van der Waals surface area contributed by atoms with E-state index in [2.05, 4.69) is 34.9 Å². The van der Waals surface area contributed by atoms with E-state index in [-0.39, 0.29) is 0 Å². The van der Waals surface area contributed by atoms with Crippen molar-refractivity contribution >= 4 is 23.5 Å². The van der Waals surface area contributed by atoms with Crippen LogP contribution in [0.2, 0.25) is 0 Å². The van der Waals surface area contributed by atoms with Crippen LogP contribution in [0.1, 0.15) is 32.1 Å². The molecule has 16 heavy (non-hydrogen) atoms. The van der Waals surface area contributed by atoms with Gasteiger partial charge < -0.3 is 10.3 Å². The van der Waals surface area contributed by atoms with E-state index in [4.69, 9.17) is 5.73 Å². The second-order valence-electron chi connectivity index (χ2n) is 3.76. The third-order valence-electron chi connectivity index (χ3n) is 2.16. The van der Waals surface area contributed by atoms with Gasteiger partial charge in [-0.25, -0.2) is 0 Å². The van der Waals surface area contributed by atoms with Crippen LogP contribution in [-0.4, -0.2) is 32.5 Å². The minimum absolute atomic E-state index is 0.372. The highest BCUT2D eigenvalue weighted by atomic mass is 32.2. The summed E-state index contributed by atoms with van der Waals surface area (Å²) in [7, 11) is 0. The number of aromatic nitrogens is 3. The van der Waals surface area contributed by atoms with E-state index in [0.29, 0.717) is 12.6 Å². The summed E-state index contributed by atoms with van der Waals surface area (Å²) in [5.74, 6) is 3.17. The van der Waals surface area contributed by atoms with Crippen molar-refractivity contribution < 1.29 is 0 Å². The van der Waals surface area contributed by atoms with E-state index in [9.17, 15) is 0 Å². The van der Waals surface area contributed by atoms with Crippen molar-refractivity contribution in [2.75, 3.05) is 17.8 Å². The Morgan fingerprint density at radius 2 is 2.06 bits per heavy atom. The molecule has 6 heteroatoms. The van der Waals surface area contributed by atoms with Crippen LogP contribution in [-0.2, 0) is 6.54 Å². The number of nitrogens with two attached hydrogens (primary N) is 1. The van der Waals surface area contributed by atoms with Crippen LogP contribution >= 0.6 is 23.5 Å². The van der Waals surface area contributed by atoms with E-state index >= 15 is 0 Å². The van der Waals surface area contributed by atoms with Gasteiger partial charge >= 0.3 is 0 Å². The molecular weight excluding hydrogens is 240 g/mol. The predicted octanol–water partition coefficient (Wildman–Crippen LogP) is 2.16. The summed E-state index contributed by atoms with van der Waals surface area (Å²) < 4.78 is 2.13. The van der Waals surface area contributed by atoms with Crippen LogP contribution in [0.5, 0.6) is 0 Å². The van der Waals surface area contributed by atoms with Gasteiger partial charge in [-0.1, -0.05) is 11.8 Å². The minimum Gasteiger partial charge on any atom is -0.324 e. The summed E-state index contributed by atoms with van der Waals surface area (Å²) >= 11 is 3.65. The van der Waals surface area contributed by atoms with E-state index < -0.39 is 0 Å². The van der Waals surface area contributed by atoms with E-state index in [1.54, 1.807) is 11.8 Å². The van der Waals surface area contributed by atoms with E-state index in [0.717, 1.165) is 16.7 Å². The van der Waals surface area contributed by atoms with Crippen molar-refractivity contribution in [1.29, 1.82) is 0 Å². The van der Waals surface area contributed by atoms with Gasteiger partial charge in [0.15, 0.2) is 5.16 Å². The molecule has 0 saturated heterocycles. The largest absolute Gasteiger partial charge is 0.324 e. The number of hydrogen-bond donors (Lipinski definition) is 1. The Morgan fingerprint density at radius 1 is 1.31 bits per heavy atom. The Labute approximate surface area is 106 Å². The Balaban J connectivity index is 2.61. The molecule has 92 valence electrons. The smallest absolute Gasteiger partial charge is 0.191 e. The van der Waals surface area contributed by atoms with Crippen molar-refractivity contribution in [3.63, 3.8) is 0 Å². The Morgan fingerprint density at radius 3 is 2.62 bits per heavy atom. The number of hydrogen-bond acceptors (Lipinski definition) is 5. The highest BCUT2D eigenvalue weighted by Gasteiger charge is 2.13. The summed E-state index contributed by atoms with van der Waals surface area (Å²) in [5.41, 5.74) is 5.64. The first-order chi connectivity index (χ1) is 7.70. The normalized spacial score (nSPS) is 11.3. The number of rotatable bonds is 7. The van der Waals surface area contributed by atoms with Gasteiger partial charge in [0, 0.05) is 11.8 Å². The fraction of sp³-hybridized carbons (Fsp3) is 0.800. The molecule has 0 radical (unpaired) electrons. The molecule has 0 unspecified atom stereocenters. The number of nitrogens with zero attached hydrogens (tertiary/aromatic N) is 3. The molecule has 0 aliphatic rings. The summed E-state index contributed by atoms with van der Waals surface area (Å²) in [6, 6.07) is 0.372. The molecule has 0 amide bonds. The lowest BCUT2D eigenvalue weighted by atomic mass is 10.4. The van der Waals surface area contributed by atoms with Crippen molar-refractivity contribution in [1.82, 2.24) is 14.8 Å². The zero-order valence-corrected chi connectivity index (χ0v) is 11.8. The minimum atomic E-state index is 0.372. The maximum Gasteiger partial charge on any atom is 0.191 e. The zero-order valence-electron chi connectivity index (χ0n) is 10.1. The van der Waals surface area contributed by atoms with Gasteiger partial charge in [-0.15, -0.1) is 10.2 Å². The fourth-order valence-corrected chi connectivity index (χ4v) is 3.07. The average molecular weight is 260 g/mol. The molecular formula is C10H20N4S2. The Hall–Kier alpha value is -0.200. The first-order valence-corrected chi connectivity index (χ1v) is 7.84. The van der Waals surface area contributed by atoms with Crippen LogP contribution < -0.4 is 5.73 Å². The third-order valence-corrected chi connectivity index (χ3v) is 3.88. The molecule has 0 atom stereocenters. The third kappa shape index (κ3) is 3.68. The predicted molar refractivity (Wildman–Crippen MR) is 72.0 cm³/mol. The highest BCUT2D eigenvalue weighted by molar-refractivity contribution is 7.99. The monoisotopic (exact) mass is 260 g/mol.